The Morgan fingerprint density at radius 2 is 1.60 bits per heavy atom. The van der Waals surface area contributed by atoms with Crippen LogP contribution >= 0.6 is 0 Å². The summed E-state index contributed by atoms with van der Waals surface area (Å²) < 4.78 is 5.09. The van der Waals surface area contributed by atoms with Crippen LogP contribution in [-0.4, -0.2) is 47.2 Å². The number of aromatic nitrogens is 1. The van der Waals surface area contributed by atoms with Gasteiger partial charge in [0, 0.05) is 25.2 Å². The Morgan fingerprint density at radius 3 is 2.16 bits per heavy atom. The van der Waals surface area contributed by atoms with Crippen LogP contribution in [0.2, 0.25) is 0 Å². The highest BCUT2D eigenvalue weighted by molar-refractivity contribution is 5.96. The smallest absolute Gasteiger partial charge is 0.315 e. The number of urea groups is 1. The van der Waals surface area contributed by atoms with Gasteiger partial charge in [0.2, 0.25) is 0 Å². The molecule has 0 bridgehead atoms. The van der Waals surface area contributed by atoms with Crippen molar-refractivity contribution in [3.05, 3.63) is 17.0 Å². The molecule has 2 aliphatic rings. The van der Waals surface area contributed by atoms with E-state index in [-0.39, 0.29) is 18.0 Å². The maximum absolute atomic E-state index is 12.6. The van der Waals surface area contributed by atoms with Crippen molar-refractivity contribution in [1.82, 2.24) is 20.7 Å². The first-order chi connectivity index (χ1) is 12.0. The van der Waals surface area contributed by atoms with E-state index in [1.54, 1.807) is 13.8 Å². The van der Waals surface area contributed by atoms with Crippen molar-refractivity contribution in [2.45, 2.75) is 70.9 Å². The summed E-state index contributed by atoms with van der Waals surface area (Å²) in [6, 6.07) is 0.370. The first-order valence-electron chi connectivity index (χ1n) is 9.33. The Bertz CT molecular complexity index is 594. The summed E-state index contributed by atoms with van der Waals surface area (Å²) in [5, 5.41) is 10.0. The van der Waals surface area contributed by atoms with Gasteiger partial charge in [0.25, 0.3) is 5.91 Å². The highest BCUT2D eigenvalue weighted by atomic mass is 16.5. The average molecular weight is 348 g/mol. The topological polar surface area (TPSA) is 87.5 Å². The van der Waals surface area contributed by atoms with Gasteiger partial charge in [-0.3, -0.25) is 4.79 Å². The van der Waals surface area contributed by atoms with Gasteiger partial charge in [0.05, 0.1) is 5.69 Å². The molecule has 25 heavy (non-hydrogen) atoms. The number of nitrogens with zero attached hydrogens (tertiary/aromatic N) is 2. The van der Waals surface area contributed by atoms with Gasteiger partial charge >= 0.3 is 6.03 Å². The minimum atomic E-state index is -0.0672. The summed E-state index contributed by atoms with van der Waals surface area (Å²) in [7, 11) is 0. The van der Waals surface area contributed by atoms with Crippen molar-refractivity contribution in [3.63, 3.8) is 0 Å². The fourth-order valence-electron chi connectivity index (χ4n) is 3.83. The number of piperidine rings is 1. The minimum Gasteiger partial charge on any atom is -0.361 e. The normalized spacial score (nSPS) is 19.7. The summed E-state index contributed by atoms with van der Waals surface area (Å²) in [5.41, 5.74) is 1.20. The van der Waals surface area contributed by atoms with E-state index in [1.807, 2.05) is 4.90 Å². The molecule has 3 rings (SSSR count). The van der Waals surface area contributed by atoms with E-state index in [0.717, 1.165) is 25.7 Å². The van der Waals surface area contributed by atoms with E-state index in [1.165, 1.54) is 19.3 Å². The van der Waals surface area contributed by atoms with Gasteiger partial charge in [-0.05, 0) is 39.5 Å². The summed E-state index contributed by atoms with van der Waals surface area (Å²) in [5.74, 6) is 0.538. The van der Waals surface area contributed by atoms with Crippen LogP contribution in [0.1, 0.15) is 66.8 Å². The number of hydrogen-bond donors (Lipinski definition) is 2. The molecule has 1 aliphatic carbocycles. The zero-order valence-corrected chi connectivity index (χ0v) is 15.1. The third kappa shape index (κ3) is 4.32. The number of nitrogens with one attached hydrogen (secondary N) is 2. The summed E-state index contributed by atoms with van der Waals surface area (Å²) >= 11 is 0. The standard InChI is InChI=1S/C18H28N4O3/c1-12-16(13(2)25-21-12)17(23)22-10-8-15(9-11-22)20-18(24)19-14-6-4-3-5-7-14/h14-15H,3-11H2,1-2H3,(H2,19,20,24). The molecule has 2 heterocycles. The van der Waals surface area contributed by atoms with Gasteiger partial charge in [-0.2, -0.15) is 0 Å². The number of aryl methyl sites for hydroxylation is 2. The SMILES string of the molecule is Cc1noc(C)c1C(=O)N1CCC(NC(=O)NC2CCCCC2)CC1. The number of carbonyl (C=O) groups is 2. The van der Waals surface area contributed by atoms with Crippen molar-refractivity contribution in [3.8, 4) is 0 Å². The predicted molar refractivity (Wildman–Crippen MR) is 93.4 cm³/mol. The van der Waals surface area contributed by atoms with Gasteiger partial charge in [-0.25, -0.2) is 4.79 Å². The molecule has 3 amide bonds. The summed E-state index contributed by atoms with van der Waals surface area (Å²) in [4.78, 5) is 26.6. The Balaban J connectivity index is 1.45. The molecule has 0 radical (unpaired) electrons. The molecule has 7 nitrogen and oxygen atoms in total. The molecule has 138 valence electrons. The third-order valence-corrected chi connectivity index (χ3v) is 5.31. The number of hydrogen-bond acceptors (Lipinski definition) is 4. The van der Waals surface area contributed by atoms with E-state index in [0.29, 0.717) is 36.1 Å². The molecule has 1 saturated carbocycles. The van der Waals surface area contributed by atoms with E-state index in [9.17, 15) is 9.59 Å². The van der Waals surface area contributed by atoms with E-state index >= 15 is 0 Å². The molecule has 1 aromatic heterocycles. The van der Waals surface area contributed by atoms with Gasteiger partial charge in [-0.15, -0.1) is 0 Å². The van der Waals surface area contributed by atoms with Crippen molar-refractivity contribution >= 4 is 11.9 Å². The quantitative estimate of drug-likeness (QED) is 0.879. The van der Waals surface area contributed by atoms with Crippen LogP contribution in [0.25, 0.3) is 0 Å². The van der Waals surface area contributed by atoms with Crippen molar-refractivity contribution in [1.29, 1.82) is 0 Å². The average Bonchev–Trinajstić information content (AvgIpc) is 2.94. The van der Waals surface area contributed by atoms with Crippen LogP contribution in [0.5, 0.6) is 0 Å². The highest BCUT2D eigenvalue weighted by Gasteiger charge is 2.28. The molecule has 1 aromatic rings. The first-order valence-corrected chi connectivity index (χ1v) is 9.33. The molecule has 0 aromatic carbocycles. The molecule has 1 aliphatic heterocycles. The summed E-state index contributed by atoms with van der Waals surface area (Å²) in [6.45, 7) is 4.82. The molecule has 0 spiro atoms. The number of amides is 3. The van der Waals surface area contributed by atoms with Crippen LogP contribution in [0.3, 0.4) is 0 Å². The molecule has 1 saturated heterocycles. The minimum absolute atomic E-state index is 0.0265. The molecule has 2 N–H and O–H groups in total. The molecule has 0 unspecified atom stereocenters. The maximum atomic E-state index is 12.6. The van der Waals surface area contributed by atoms with Gasteiger partial charge < -0.3 is 20.1 Å². The monoisotopic (exact) mass is 348 g/mol. The lowest BCUT2D eigenvalue weighted by atomic mass is 9.96. The fraction of sp³-hybridized carbons (Fsp3) is 0.722. The van der Waals surface area contributed by atoms with Crippen LogP contribution in [0, 0.1) is 13.8 Å². The Labute approximate surface area is 148 Å². The van der Waals surface area contributed by atoms with Crippen molar-refractivity contribution < 1.29 is 14.1 Å². The molecular formula is C18H28N4O3. The van der Waals surface area contributed by atoms with E-state index in [2.05, 4.69) is 15.8 Å². The molecule has 0 atom stereocenters. The fourth-order valence-corrected chi connectivity index (χ4v) is 3.83. The van der Waals surface area contributed by atoms with E-state index in [4.69, 9.17) is 4.52 Å². The largest absolute Gasteiger partial charge is 0.361 e. The number of carbonyl (C=O) groups excluding carboxylic acids is 2. The Hall–Kier alpha value is -2.05. The highest BCUT2D eigenvalue weighted by Crippen LogP contribution is 2.19. The lowest BCUT2D eigenvalue weighted by Gasteiger charge is -2.33. The number of rotatable bonds is 3. The third-order valence-electron chi connectivity index (χ3n) is 5.31. The summed E-state index contributed by atoms with van der Waals surface area (Å²) in [6.07, 6.45) is 7.38. The van der Waals surface area contributed by atoms with Crippen LogP contribution in [-0.2, 0) is 0 Å². The van der Waals surface area contributed by atoms with Gasteiger partial charge in [-0.1, -0.05) is 24.4 Å². The molecule has 7 heteroatoms. The molecule has 2 fully saturated rings. The van der Waals surface area contributed by atoms with Crippen molar-refractivity contribution in [2.24, 2.45) is 0 Å². The lowest BCUT2D eigenvalue weighted by Crippen LogP contribution is -2.51. The lowest BCUT2D eigenvalue weighted by molar-refractivity contribution is 0.0706. The first kappa shape index (κ1) is 17.8. The van der Waals surface area contributed by atoms with Crippen LogP contribution < -0.4 is 10.6 Å². The number of likely N-dealkylation sites (tertiary alicyclic amines) is 1. The van der Waals surface area contributed by atoms with Crippen LogP contribution in [0.4, 0.5) is 4.79 Å². The van der Waals surface area contributed by atoms with Crippen molar-refractivity contribution in [2.75, 3.05) is 13.1 Å². The zero-order chi connectivity index (χ0) is 17.8. The van der Waals surface area contributed by atoms with Gasteiger partial charge in [0.15, 0.2) is 0 Å². The molecular weight excluding hydrogens is 320 g/mol. The second-order valence-corrected chi connectivity index (χ2v) is 7.22. The van der Waals surface area contributed by atoms with Gasteiger partial charge in [0.1, 0.15) is 11.3 Å². The predicted octanol–water partition coefficient (Wildman–Crippen LogP) is 2.53. The maximum Gasteiger partial charge on any atom is 0.315 e. The Morgan fingerprint density at radius 1 is 1.00 bits per heavy atom. The second kappa shape index (κ2) is 7.89. The Kier molecular flexibility index (Phi) is 5.60. The zero-order valence-electron chi connectivity index (χ0n) is 15.1. The van der Waals surface area contributed by atoms with E-state index < -0.39 is 0 Å². The second-order valence-electron chi connectivity index (χ2n) is 7.22. The van der Waals surface area contributed by atoms with Crippen LogP contribution in [0.15, 0.2) is 4.52 Å².